The van der Waals surface area contributed by atoms with Crippen LogP contribution in [-0.2, 0) is 13.1 Å². The average Bonchev–Trinajstić information content (AvgIpc) is 3.05. The molecule has 3 rings (SSSR count). The van der Waals surface area contributed by atoms with Crippen LogP contribution in [0.5, 0.6) is 0 Å². The van der Waals surface area contributed by atoms with E-state index >= 15 is 0 Å². The Bertz CT molecular complexity index is 664. The molecule has 0 unspecified atom stereocenters. The maximum atomic E-state index is 11.8. The van der Waals surface area contributed by atoms with Crippen LogP contribution in [-0.4, -0.2) is 29.1 Å². The molecule has 2 aromatic rings. The molecule has 1 aliphatic rings. The van der Waals surface area contributed by atoms with Crippen LogP contribution in [0.2, 0.25) is 0 Å². The van der Waals surface area contributed by atoms with Crippen LogP contribution in [0.1, 0.15) is 35.5 Å². The summed E-state index contributed by atoms with van der Waals surface area (Å²) in [5, 5.41) is 8.62. The van der Waals surface area contributed by atoms with Gasteiger partial charge in [-0.2, -0.15) is 0 Å². The molecule has 0 radical (unpaired) electrons. The number of hydrogen-bond donors (Lipinski definition) is 2. The van der Waals surface area contributed by atoms with Gasteiger partial charge in [0.05, 0.1) is 17.2 Å². The fourth-order valence-electron chi connectivity index (χ4n) is 2.74. The smallest absolute Gasteiger partial charge is 0.315 e. The van der Waals surface area contributed by atoms with Gasteiger partial charge in [0.1, 0.15) is 5.82 Å². The van der Waals surface area contributed by atoms with Crippen LogP contribution >= 0.6 is 11.3 Å². The molecular weight excluding hydrogens is 322 g/mol. The molecule has 128 valence electrons. The molecule has 1 saturated heterocycles. The van der Waals surface area contributed by atoms with E-state index in [2.05, 4.69) is 25.5 Å². The normalized spacial score (nSPS) is 14.5. The summed E-state index contributed by atoms with van der Waals surface area (Å²) in [5.41, 5.74) is 1.88. The first-order valence-corrected chi connectivity index (χ1v) is 9.21. The molecule has 2 amide bonds. The number of nitrogens with zero attached hydrogens (tertiary/aromatic N) is 3. The van der Waals surface area contributed by atoms with Crippen molar-refractivity contribution in [2.75, 3.05) is 18.0 Å². The number of hydrogen-bond acceptors (Lipinski definition) is 5. The standard InChI is InChI=1S/C17H23N5OS/c1-13-21-15(12-24-13)11-20-17(23)19-10-14-5-6-16(18-9-14)22-7-3-2-4-8-22/h5-6,9,12H,2-4,7-8,10-11H2,1H3,(H2,19,20,23). The number of anilines is 1. The van der Waals surface area contributed by atoms with Gasteiger partial charge in [0.15, 0.2) is 0 Å². The second-order valence-electron chi connectivity index (χ2n) is 5.97. The van der Waals surface area contributed by atoms with E-state index in [0.29, 0.717) is 13.1 Å². The number of aromatic nitrogens is 2. The predicted molar refractivity (Wildman–Crippen MR) is 96.2 cm³/mol. The zero-order chi connectivity index (χ0) is 16.8. The highest BCUT2D eigenvalue weighted by Crippen LogP contribution is 2.17. The lowest BCUT2D eigenvalue weighted by atomic mass is 10.1. The van der Waals surface area contributed by atoms with Crippen molar-refractivity contribution in [3.8, 4) is 0 Å². The molecule has 0 aromatic carbocycles. The molecule has 2 N–H and O–H groups in total. The molecule has 3 heterocycles. The lowest BCUT2D eigenvalue weighted by molar-refractivity contribution is 0.240. The van der Waals surface area contributed by atoms with Gasteiger partial charge >= 0.3 is 6.03 Å². The van der Waals surface area contributed by atoms with E-state index in [0.717, 1.165) is 35.2 Å². The van der Waals surface area contributed by atoms with Crippen LogP contribution < -0.4 is 15.5 Å². The van der Waals surface area contributed by atoms with Gasteiger partial charge in [-0.1, -0.05) is 6.07 Å². The first-order chi connectivity index (χ1) is 11.7. The number of nitrogens with one attached hydrogen (secondary N) is 2. The third kappa shape index (κ3) is 4.67. The fraction of sp³-hybridized carbons (Fsp3) is 0.471. The number of pyridine rings is 1. The van der Waals surface area contributed by atoms with Crippen molar-refractivity contribution < 1.29 is 4.79 Å². The second kappa shape index (κ2) is 8.10. The maximum absolute atomic E-state index is 11.8. The van der Waals surface area contributed by atoms with Gasteiger partial charge in [-0.05, 0) is 37.8 Å². The molecule has 6 nitrogen and oxygen atoms in total. The van der Waals surface area contributed by atoms with E-state index in [9.17, 15) is 4.79 Å². The third-order valence-electron chi connectivity index (χ3n) is 4.04. The average molecular weight is 345 g/mol. The molecule has 7 heteroatoms. The summed E-state index contributed by atoms with van der Waals surface area (Å²) in [4.78, 5) is 23.0. The zero-order valence-electron chi connectivity index (χ0n) is 13.9. The quantitative estimate of drug-likeness (QED) is 0.874. The van der Waals surface area contributed by atoms with Crippen molar-refractivity contribution >= 4 is 23.2 Å². The summed E-state index contributed by atoms with van der Waals surface area (Å²) in [6.45, 7) is 5.04. The van der Waals surface area contributed by atoms with Gasteiger partial charge in [0.2, 0.25) is 0 Å². The van der Waals surface area contributed by atoms with Crippen LogP contribution in [0.3, 0.4) is 0 Å². The van der Waals surface area contributed by atoms with Gasteiger partial charge in [-0.3, -0.25) is 0 Å². The van der Waals surface area contributed by atoms with Crippen LogP contribution in [0.4, 0.5) is 10.6 Å². The van der Waals surface area contributed by atoms with Crippen molar-refractivity contribution in [3.63, 3.8) is 0 Å². The largest absolute Gasteiger partial charge is 0.357 e. The minimum Gasteiger partial charge on any atom is -0.357 e. The number of carbonyl (C=O) groups is 1. The number of piperidine rings is 1. The topological polar surface area (TPSA) is 70.2 Å². The summed E-state index contributed by atoms with van der Waals surface area (Å²) in [6.07, 6.45) is 5.63. The molecule has 0 spiro atoms. The Morgan fingerprint density at radius 2 is 2.00 bits per heavy atom. The maximum Gasteiger partial charge on any atom is 0.315 e. The Morgan fingerprint density at radius 3 is 2.67 bits per heavy atom. The minimum atomic E-state index is -0.194. The number of aryl methyl sites for hydroxylation is 1. The number of rotatable bonds is 5. The van der Waals surface area contributed by atoms with Crippen molar-refractivity contribution in [1.29, 1.82) is 0 Å². The summed E-state index contributed by atoms with van der Waals surface area (Å²) >= 11 is 1.58. The zero-order valence-corrected chi connectivity index (χ0v) is 14.7. The molecular formula is C17H23N5OS. The van der Waals surface area contributed by atoms with E-state index in [1.165, 1.54) is 19.3 Å². The third-order valence-corrected chi connectivity index (χ3v) is 4.86. The summed E-state index contributed by atoms with van der Waals surface area (Å²) < 4.78 is 0. The second-order valence-corrected chi connectivity index (χ2v) is 7.03. The monoisotopic (exact) mass is 345 g/mol. The van der Waals surface area contributed by atoms with Crippen molar-refractivity contribution in [1.82, 2.24) is 20.6 Å². The van der Waals surface area contributed by atoms with Crippen molar-refractivity contribution in [2.45, 2.75) is 39.3 Å². The molecule has 24 heavy (non-hydrogen) atoms. The SMILES string of the molecule is Cc1nc(CNC(=O)NCc2ccc(N3CCCCC3)nc2)cs1. The highest BCUT2D eigenvalue weighted by Gasteiger charge is 2.11. The lowest BCUT2D eigenvalue weighted by Crippen LogP contribution is -2.34. The summed E-state index contributed by atoms with van der Waals surface area (Å²) in [6, 6.07) is 3.88. The fourth-order valence-corrected chi connectivity index (χ4v) is 3.35. The van der Waals surface area contributed by atoms with E-state index < -0.39 is 0 Å². The molecule has 1 fully saturated rings. The van der Waals surface area contributed by atoms with E-state index in [-0.39, 0.29) is 6.03 Å². The van der Waals surface area contributed by atoms with Gasteiger partial charge in [-0.25, -0.2) is 14.8 Å². The lowest BCUT2D eigenvalue weighted by Gasteiger charge is -2.27. The Morgan fingerprint density at radius 1 is 1.21 bits per heavy atom. The van der Waals surface area contributed by atoms with Crippen LogP contribution in [0.15, 0.2) is 23.7 Å². The molecule has 0 aliphatic carbocycles. The van der Waals surface area contributed by atoms with E-state index in [1.807, 2.05) is 30.6 Å². The summed E-state index contributed by atoms with van der Waals surface area (Å²) in [5.74, 6) is 1.03. The Balaban J connectivity index is 1.43. The molecule has 0 saturated carbocycles. The molecule has 1 aliphatic heterocycles. The van der Waals surface area contributed by atoms with Gasteiger partial charge < -0.3 is 15.5 Å². The van der Waals surface area contributed by atoms with E-state index in [4.69, 9.17) is 0 Å². The number of urea groups is 1. The predicted octanol–water partition coefficient (Wildman–Crippen LogP) is 2.84. The van der Waals surface area contributed by atoms with Crippen molar-refractivity contribution in [2.24, 2.45) is 0 Å². The first-order valence-electron chi connectivity index (χ1n) is 8.33. The van der Waals surface area contributed by atoms with Crippen molar-refractivity contribution in [3.05, 3.63) is 40.0 Å². The molecule has 0 bridgehead atoms. The number of thiazole rings is 1. The number of amides is 2. The summed E-state index contributed by atoms with van der Waals surface area (Å²) in [7, 11) is 0. The Labute approximate surface area is 146 Å². The molecule has 2 aromatic heterocycles. The van der Waals surface area contributed by atoms with Crippen LogP contribution in [0, 0.1) is 6.92 Å². The van der Waals surface area contributed by atoms with Gasteiger partial charge in [-0.15, -0.1) is 11.3 Å². The number of carbonyl (C=O) groups excluding carboxylic acids is 1. The Kier molecular flexibility index (Phi) is 5.63. The molecule has 0 atom stereocenters. The highest BCUT2D eigenvalue weighted by atomic mass is 32.1. The first kappa shape index (κ1) is 16.7. The van der Waals surface area contributed by atoms with Gasteiger partial charge in [0, 0.05) is 31.2 Å². The van der Waals surface area contributed by atoms with Gasteiger partial charge in [0.25, 0.3) is 0 Å². The highest BCUT2D eigenvalue weighted by molar-refractivity contribution is 7.09. The van der Waals surface area contributed by atoms with Crippen LogP contribution in [0.25, 0.3) is 0 Å². The Hall–Kier alpha value is -2.15. The van der Waals surface area contributed by atoms with E-state index in [1.54, 1.807) is 11.3 Å². The minimum absolute atomic E-state index is 0.194.